The van der Waals surface area contributed by atoms with Crippen LogP contribution >= 0.6 is 11.3 Å². The summed E-state index contributed by atoms with van der Waals surface area (Å²) in [5.74, 6) is 0.703. The van der Waals surface area contributed by atoms with Crippen LogP contribution in [0.3, 0.4) is 0 Å². The first-order valence-corrected chi connectivity index (χ1v) is 12.5. The van der Waals surface area contributed by atoms with Crippen molar-refractivity contribution in [2.24, 2.45) is 0 Å². The molecule has 0 aliphatic carbocycles. The second kappa shape index (κ2) is 10.3. The molecule has 1 aliphatic rings. The van der Waals surface area contributed by atoms with E-state index in [1.54, 1.807) is 19.1 Å². The molecule has 0 saturated carbocycles. The third-order valence-corrected chi connectivity index (χ3v) is 7.22. The van der Waals surface area contributed by atoms with Crippen LogP contribution in [0.15, 0.2) is 72.8 Å². The van der Waals surface area contributed by atoms with Crippen molar-refractivity contribution in [3.05, 3.63) is 99.9 Å². The zero-order valence-electron chi connectivity index (χ0n) is 20.0. The Morgan fingerprint density at radius 1 is 0.944 bits per heavy atom. The molecule has 36 heavy (non-hydrogen) atoms. The number of esters is 1. The average molecular weight is 500 g/mol. The van der Waals surface area contributed by atoms with Gasteiger partial charge in [-0.15, -0.1) is 11.3 Å². The number of nitrogens with one attached hydrogen (secondary N) is 1. The van der Waals surface area contributed by atoms with Crippen molar-refractivity contribution in [1.29, 1.82) is 0 Å². The molecule has 1 aromatic heterocycles. The van der Waals surface area contributed by atoms with Gasteiger partial charge in [0.15, 0.2) is 11.5 Å². The maximum absolute atomic E-state index is 13.1. The van der Waals surface area contributed by atoms with Gasteiger partial charge in [0.2, 0.25) is 6.79 Å². The van der Waals surface area contributed by atoms with Crippen LogP contribution in [0.25, 0.3) is 11.1 Å². The summed E-state index contributed by atoms with van der Waals surface area (Å²) < 4.78 is 16.2. The van der Waals surface area contributed by atoms with Gasteiger partial charge in [0.1, 0.15) is 5.00 Å². The third-order valence-electron chi connectivity index (χ3n) is 6.01. The number of anilines is 1. The summed E-state index contributed by atoms with van der Waals surface area (Å²) >= 11 is 1.39. The number of benzene rings is 3. The zero-order chi connectivity index (χ0) is 25.1. The summed E-state index contributed by atoms with van der Waals surface area (Å²) in [6.45, 7) is 4.11. The van der Waals surface area contributed by atoms with Crippen molar-refractivity contribution in [2.45, 2.75) is 20.3 Å². The van der Waals surface area contributed by atoms with E-state index in [9.17, 15) is 9.59 Å². The number of hydrogen-bond acceptors (Lipinski definition) is 6. The molecule has 7 heteroatoms. The Bertz CT molecular complexity index is 1410. The summed E-state index contributed by atoms with van der Waals surface area (Å²) in [7, 11) is 0. The number of fused-ring (bicyclic) bond motifs is 1. The number of thiophene rings is 1. The highest BCUT2D eigenvalue weighted by molar-refractivity contribution is 7.17. The van der Waals surface area contributed by atoms with Crippen LogP contribution in [0, 0.1) is 6.92 Å². The van der Waals surface area contributed by atoms with Gasteiger partial charge in [-0.2, -0.15) is 0 Å². The molecule has 2 heterocycles. The second-order valence-corrected chi connectivity index (χ2v) is 9.44. The lowest BCUT2D eigenvalue weighted by Crippen LogP contribution is -2.14. The zero-order valence-corrected chi connectivity index (χ0v) is 20.8. The molecule has 0 saturated heterocycles. The topological polar surface area (TPSA) is 73.9 Å². The quantitative estimate of drug-likeness (QED) is 0.295. The lowest BCUT2D eigenvalue weighted by atomic mass is 10.0. The number of ether oxygens (including phenoxy) is 3. The van der Waals surface area contributed by atoms with Gasteiger partial charge in [-0.3, -0.25) is 4.79 Å². The fraction of sp³-hybridized carbons (Fsp3) is 0.172. The van der Waals surface area contributed by atoms with Crippen molar-refractivity contribution in [3.63, 3.8) is 0 Å². The first kappa shape index (κ1) is 23.6. The minimum Gasteiger partial charge on any atom is -0.462 e. The van der Waals surface area contributed by atoms with Crippen molar-refractivity contribution < 1.29 is 23.8 Å². The van der Waals surface area contributed by atoms with Gasteiger partial charge < -0.3 is 19.5 Å². The molecule has 182 valence electrons. The summed E-state index contributed by atoms with van der Waals surface area (Å²) in [5.41, 5.74) is 4.83. The van der Waals surface area contributed by atoms with E-state index in [1.807, 2.05) is 67.6 Å². The monoisotopic (exact) mass is 499 g/mol. The average Bonchev–Trinajstić information content (AvgIpc) is 3.48. The van der Waals surface area contributed by atoms with E-state index in [2.05, 4.69) is 5.32 Å². The largest absolute Gasteiger partial charge is 0.462 e. The first-order valence-electron chi connectivity index (χ1n) is 11.7. The van der Waals surface area contributed by atoms with Crippen LogP contribution in [0.4, 0.5) is 5.00 Å². The van der Waals surface area contributed by atoms with Crippen LogP contribution < -0.4 is 14.8 Å². The molecule has 0 bridgehead atoms. The summed E-state index contributed by atoms with van der Waals surface area (Å²) in [4.78, 5) is 26.9. The Hall–Kier alpha value is -4.10. The van der Waals surface area contributed by atoms with Gasteiger partial charge in [0.25, 0.3) is 5.91 Å². The van der Waals surface area contributed by atoms with E-state index >= 15 is 0 Å². The lowest BCUT2D eigenvalue weighted by molar-refractivity contribution is 0.0527. The van der Waals surface area contributed by atoms with Crippen molar-refractivity contribution in [1.82, 2.24) is 0 Å². The minimum atomic E-state index is -0.446. The van der Waals surface area contributed by atoms with Crippen LogP contribution in [0.2, 0.25) is 0 Å². The predicted molar refractivity (Wildman–Crippen MR) is 140 cm³/mol. The molecule has 0 fully saturated rings. The number of hydrogen-bond donors (Lipinski definition) is 1. The number of carbonyl (C=O) groups excluding carboxylic acids is 2. The van der Waals surface area contributed by atoms with Crippen LogP contribution in [-0.2, 0) is 11.2 Å². The first-order chi connectivity index (χ1) is 17.5. The van der Waals surface area contributed by atoms with Gasteiger partial charge in [-0.05, 0) is 60.4 Å². The Morgan fingerprint density at radius 3 is 2.42 bits per heavy atom. The SMILES string of the molecule is CCOC(=O)c1c(NC(=O)c2ccc(-c3ccccc3)cc2)sc(Cc2ccc3c(c2)OCO3)c1C. The van der Waals surface area contributed by atoms with Crippen molar-refractivity contribution in [3.8, 4) is 22.6 Å². The predicted octanol–water partition coefficient (Wildman–Crippen LogP) is 6.47. The van der Waals surface area contributed by atoms with E-state index in [0.29, 0.717) is 28.3 Å². The second-order valence-electron chi connectivity index (χ2n) is 8.34. The van der Waals surface area contributed by atoms with E-state index in [-0.39, 0.29) is 19.3 Å². The van der Waals surface area contributed by atoms with Crippen LogP contribution in [0.5, 0.6) is 11.5 Å². The summed E-state index contributed by atoms with van der Waals surface area (Å²) in [6.07, 6.45) is 0.585. The molecular weight excluding hydrogens is 474 g/mol. The van der Waals surface area contributed by atoms with E-state index < -0.39 is 5.97 Å². The highest BCUT2D eigenvalue weighted by Crippen LogP contribution is 2.38. The molecule has 1 amide bonds. The number of rotatable bonds is 7. The van der Waals surface area contributed by atoms with Gasteiger partial charge in [-0.1, -0.05) is 48.5 Å². The molecule has 1 N–H and O–H groups in total. The van der Waals surface area contributed by atoms with E-state index in [1.165, 1.54) is 11.3 Å². The molecular formula is C29H25NO5S. The molecule has 4 aromatic rings. The maximum atomic E-state index is 13.1. The maximum Gasteiger partial charge on any atom is 0.341 e. The number of amides is 1. The van der Waals surface area contributed by atoms with Crippen molar-refractivity contribution in [2.75, 3.05) is 18.7 Å². The fourth-order valence-electron chi connectivity index (χ4n) is 4.12. The standard InChI is InChI=1S/C29H25NO5S/c1-3-33-29(32)26-18(2)25(16-19-9-14-23-24(15-19)35-17-34-23)36-28(26)30-27(31)22-12-10-21(11-13-22)20-7-5-4-6-8-20/h4-15H,3,16-17H2,1-2H3,(H,30,31). The van der Waals surface area contributed by atoms with Gasteiger partial charge in [0.05, 0.1) is 12.2 Å². The normalized spacial score (nSPS) is 11.8. The Kier molecular flexibility index (Phi) is 6.73. The Balaban J connectivity index is 1.40. The van der Waals surface area contributed by atoms with Gasteiger partial charge >= 0.3 is 5.97 Å². The molecule has 3 aromatic carbocycles. The molecule has 1 aliphatic heterocycles. The fourth-order valence-corrected chi connectivity index (χ4v) is 5.35. The van der Waals surface area contributed by atoms with E-state index in [0.717, 1.165) is 32.9 Å². The highest BCUT2D eigenvalue weighted by atomic mass is 32.1. The summed E-state index contributed by atoms with van der Waals surface area (Å²) in [6, 6.07) is 23.2. The molecule has 0 unspecified atom stereocenters. The molecule has 6 nitrogen and oxygen atoms in total. The molecule has 0 atom stereocenters. The highest BCUT2D eigenvalue weighted by Gasteiger charge is 2.24. The lowest BCUT2D eigenvalue weighted by Gasteiger charge is -2.08. The van der Waals surface area contributed by atoms with Crippen molar-refractivity contribution >= 4 is 28.2 Å². The minimum absolute atomic E-state index is 0.215. The van der Waals surface area contributed by atoms with Crippen LogP contribution in [-0.4, -0.2) is 25.3 Å². The van der Waals surface area contributed by atoms with Gasteiger partial charge in [-0.25, -0.2) is 4.79 Å². The van der Waals surface area contributed by atoms with Gasteiger partial charge in [0, 0.05) is 16.9 Å². The summed E-state index contributed by atoms with van der Waals surface area (Å²) in [5, 5.41) is 3.43. The Morgan fingerprint density at radius 2 is 1.67 bits per heavy atom. The smallest absolute Gasteiger partial charge is 0.341 e. The third kappa shape index (κ3) is 4.83. The van der Waals surface area contributed by atoms with E-state index in [4.69, 9.17) is 14.2 Å². The molecule has 0 spiro atoms. The molecule has 5 rings (SSSR count). The van der Waals surface area contributed by atoms with Crippen LogP contribution in [0.1, 0.15) is 43.6 Å². The molecule has 0 radical (unpaired) electrons. The number of carbonyl (C=O) groups is 2. The Labute approximate surface area is 213 Å².